The molecule has 17 heavy (non-hydrogen) atoms. The minimum Gasteiger partial charge on any atom is -0.461 e. The first kappa shape index (κ1) is 14.5. The third kappa shape index (κ3) is 4.64. The largest absolute Gasteiger partial charge is 0.461 e. The van der Waals surface area contributed by atoms with E-state index >= 15 is 0 Å². The van der Waals surface area contributed by atoms with E-state index in [0.29, 0.717) is 6.54 Å². The Morgan fingerprint density at radius 1 is 1.41 bits per heavy atom. The molecular weight excluding hydrogens is 218 g/mol. The highest BCUT2D eigenvalue weighted by atomic mass is 16.6. The van der Waals surface area contributed by atoms with Crippen LogP contribution in [-0.4, -0.2) is 30.8 Å². The van der Waals surface area contributed by atoms with Crippen molar-refractivity contribution in [3.8, 4) is 0 Å². The van der Waals surface area contributed by atoms with Crippen LogP contribution in [0.3, 0.4) is 0 Å². The summed E-state index contributed by atoms with van der Waals surface area (Å²) in [4.78, 5) is 11.4. The summed E-state index contributed by atoms with van der Waals surface area (Å²) in [6.07, 6.45) is 4.04. The molecule has 4 heteroatoms. The van der Waals surface area contributed by atoms with Gasteiger partial charge >= 0.3 is 5.97 Å². The van der Waals surface area contributed by atoms with Crippen molar-refractivity contribution in [2.45, 2.75) is 58.2 Å². The molecule has 0 aromatic heterocycles. The van der Waals surface area contributed by atoms with Gasteiger partial charge < -0.3 is 15.2 Å². The highest BCUT2D eigenvalue weighted by Crippen LogP contribution is 2.33. The normalized spacial score (nSPS) is 29.4. The topological polar surface area (TPSA) is 61.5 Å². The predicted octanol–water partition coefficient (Wildman–Crippen LogP) is 1.86. The first-order chi connectivity index (χ1) is 7.97. The molecule has 1 aliphatic carbocycles. The first-order valence-electron chi connectivity index (χ1n) is 6.51. The molecule has 4 nitrogen and oxygen atoms in total. The molecular formula is C13H25NO3. The smallest absolute Gasteiger partial charge is 0.332 e. The van der Waals surface area contributed by atoms with Gasteiger partial charge in [-0.25, -0.2) is 4.79 Å². The summed E-state index contributed by atoms with van der Waals surface area (Å²) in [6, 6.07) is 0. The third-order valence-electron chi connectivity index (χ3n) is 3.42. The van der Waals surface area contributed by atoms with Crippen molar-refractivity contribution in [3.63, 3.8) is 0 Å². The average molecular weight is 243 g/mol. The van der Waals surface area contributed by atoms with Gasteiger partial charge in [0.15, 0.2) is 0 Å². The van der Waals surface area contributed by atoms with E-state index in [1.165, 1.54) is 0 Å². The lowest BCUT2D eigenvalue weighted by molar-refractivity contribution is -0.162. The molecule has 1 aliphatic rings. The molecule has 1 rings (SSSR count). The van der Waals surface area contributed by atoms with Crippen molar-refractivity contribution < 1.29 is 14.3 Å². The van der Waals surface area contributed by atoms with Gasteiger partial charge in [-0.05, 0) is 45.4 Å². The minimum atomic E-state index is -0.303. The van der Waals surface area contributed by atoms with Gasteiger partial charge in [-0.15, -0.1) is 0 Å². The fourth-order valence-electron chi connectivity index (χ4n) is 2.20. The number of hydrogen-bond donors (Lipinski definition) is 1. The van der Waals surface area contributed by atoms with E-state index in [-0.39, 0.29) is 24.3 Å². The average Bonchev–Trinajstić information content (AvgIpc) is 2.28. The number of carbonyl (C=O) groups excluding carboxylic acids is 1. The summed E-state index contributed by atoms with van der Waals surface area (Å²) >= 11 is 0. The van der Waals surface area contributed by atoms with E-state index in [1.807, 2.05) is 13.8 Å². The quantitative estimate of drug-likeness (QED) is 0.749. The molecule has 1 fully saturated rings. The van der Waals surface area contributed by atoms with Gasteiger partial charge in [0.1, 0.15) is 6.61 Å². The predicted molar refractivity (Wildman–Crippen MR) is 66.6 cm³/mol. The lowest BCUT2D eigenvalue weighted by atomic mass is 9.79. The minimum absolute atomic E-state index is 0.0176. The Morgan fingerprint density at radius 3 is 2.47 bits per heavy atom. The lowest BCUT2D eigenvalue weighted by Gasteiger charge is -2.38. The number of esters is 1. The summed E-state index contributed by atoms with van der Waals surface area (Å²) in [7, 11) is 0. The van der Waals surface area contributed by atoms with Gasteiger partial charge in [-0.2, -0.15) is 0 Å². The molecule has 0 aromatic carbocycles. The lowest BCUT2D eigenvalue weighted by Crippen LogP contribution is -2.45. The van der Waals surface area contributed by atoms with Crippen molar-refractivity contribution in [1.82, 2.24) is 0 Å². The molecule has 0 bridgehead atoms. The second-order valence-electron chi connectivity index (χ2n) is 5.40. The Labute approximate surface area is 104 Å². The van der Waals surface area contributed by atoms with Gasteiger partial charge in [0, 0.05) is 6.54 Å². The van der Waals surface area contributed by atoms with Gasteiger partial charge in [-0.3, -0.25) is 0 Å². The Kier molecular flexibility index (Phi) is 5.40. The van der Waals surface area contributed by atoms with Crippen LogP contribution in [0.15, 0.2) is 0 Å². The Bertz CT molecular complexity index is 245. The number of carbonyl (C=O) groups is 1. The standard InChI is InChI=1S/C13H25NO3/c1-10(2)17-12(15)8-16-13(9-14)6-4-11(3)5-7-13/h10-11H,4-9,14H2,1-3H3. The first-order valence-corrected chi connectivity index (χ1v) is 6.51. The van der Waals surface area contributed by atoms with Crippen LogP contribution in [0, 0.1) is 5.92 Å². The molecule has 1 saturated carbocycles. The van der Waals surface area contributed by atoms with Crippen LogP contribution >= 0.6 is 0 Å². The summed E-state index contributed by atoms with van der Waals surface area (Å²) in [5, 5.41) is 0. The van der Waals surface area contributed by atoms with Crippen molar-refractivity contribution in [2.75, 3.05) is 13.2 Å². The van der Waals surface area contributed by atoms with Crippen molar-refractivity contribution in [1.29, 1.82) is 0 Å². The van der Waals surface area contributed by atoms with E-state index in [2.05, 4.69) is 6.92 Å². The number of rotatable bonds is 5. The van der Waals surface area contributed by atoms with Crippen LogP contribution in [0.2, 0.25) is 0 Å². The zero-order valence-corrected chi connectivity index (χ0v) is 11.2. The Balaban J connectivity index is 2.39. The van der Waals surface area contributed by atoms with Crippen LogP contribution in [0.25, 0.3) is 0 Å². The van der Waals surface area contributed by atoms with Crippen molar-refractivity contribution in [2.24, 2.45) is 11.7 Å². The maximum Gasteiger partial charge on any atom is 0.332 e. The zero-order valence-electron chi connectivity index (χ0n) is 11.2. The molecule has 100 valence electrons. The molecule has 0 aliphatic heterocycles. The van der Waals surface area contributed by atoms with E-state index in [9.17, 15) is 4.79 Å². The van der Waals surface area contributed by atoms with Crippen LogP contribution in [0.1, 0.15) is 46.5 Å². The molecule has 0 unspecified atom stereocenters. The van der Waals surface area contributed by atoms with E-state index in [0.717, 1.165) is 31.6 Å². The molecule has 2 N–H and O–H groups in total. The second-order valence-corrected chi connectivity index (χ2v) is 5.40. The zero-order chi connectivity index (χ0) is 12.9. The maximum absolute atomic E-state index is 11.4. The van der Waals surface area contributed by atoms with Gasteiger partial charge in [0.05, 0.1) is 11.7 Å². The van der Waals surface area contributed by atoms with Gasteiger partial charge in [-0.1, -0.05) is 6.92 Å². The molecule has 0 heterocycles. The van der Waals surface area contributed by atoms with E-state index in [4.69, 9.17) is 15.2 Å². The van der Waals surface area contributed by atoms with Gasteiger partial charge in [0.25, 0.3) is 0 Å². The van der Waals surface area contributed by atoms with Crippen LogP contribution in [-0.2, 0) is 14.3 Å². The molecule has 0 spiro atoms. The molecule has 0 amide bonds. The van der Waals surface area contributed by atoms with Gasteiger partial charge in [0.2, 0.25) is 0 Å². The SMILES string of the molecule is CC1CCC(CN)(OCC(=O)OC(C)C)CC1. The number of nitrogens with two attached hydrogens (primary N) is 1. The second kappa shape index (κ2) is 6.36. The molecule has 0 radical (unpaired) electrons. The van der Waals surface area contributed by atoms with Crippen molar-refractivity contribution >= 4 is 5.97 Å². The summed E-state index contributed by atoms with van der Waals surface area (Å²) in [6.45, 7) is 6.41. The highest BCUT2D eigenvalue weighted by Gasteiger charge is 2.34. The fourth-order valence-corrected chi connectivity index (χ4v) is 2.20. The Morgan fingerprint density at radius 2 is 2.00 bits per heavy atom. The molecule has 0 atom stereocenters. The maximum atomic E-state index is 11.4. The number of ether oxygens (including phenoxy) is 2. The summed E-state index contributed by atoms with van der Waals surface area (Å²) in [5.41, 5.74) is 5.49. The molecule has 0 saturated heterocycles. The summed E-state index contributed by atoms with van der Waals surface area (Å²) < 4.78 is 10.8. The van der Waals surface area contributed by atoms with Crippen molar-refractivity contribution in [3.05, 3.63) is 0 Å². The van der Waals surface area contributed by atoms with E-state index in [1.54, 1.807) is 0 Å². The van der Waals surface area contributed by atoms with Crippen LogP contribution < -0.4 is 5.73 Å². The molecule has 0 aromatic rings. The summed E-state index contributed by atoms with van der Waals surface area (Å²) in [5.74, 6) is 0.437. The number of hydrogen-bond acceptors (Lipinski definition) is 4. The Hall–Kier alpha value is -0.610. The monoisotopic (exact) mass is 243 g/mol. The highest BCUT2D eigenvalue weighted by molar-refractivity contribution is 5.70. The van der Waals surface area contributed by atoms with Crippen LogP contribution in [0.5, 0.6) is 0 Å². The third-order valence-corrected chi connectivity index (χ3v) is 3.42. The fraction of sp³-hybridized carbons (Fsp3) is 0.923. The van der Waals surface area contributed by atoms with E-state index < -0.39 is 0 Å². The van der Waals surface area contributed by atoms with Crippen LogP contribution in [0.4, 0.5) is 0 Å².